The Bertz CT molecular complexity index is 1180. The second-order valence-corrected chi connectivity index (χ2v) is 9.93. The summed E-state index contributed by atoms with van der Waals surface area (Å²) in [5.41, 5.74) is 3.35. The summed E-state index contributed by atoms with van der Waals surface area (Å²) in [4.78, 5) is 13.0. The number of hydrogen-bond acceptors (Lipinski definition) is 3. The monoisotopic (exact) mass is 470 g/mol. The number of benzene rings is 3. The molecule has 1 amide bonds. The molecule has 1 N–H and O–H groups in total. The van der Waals surface area contributed by atoms with Crippen molar-refractivity contribution in [3.05, 3.63) is 94.5 Å². The van der Waals surface area contributed by atoms with Crippen LogP contribution in [-0.2, 0) is 21.2 Å². The zero-order valence-electron chi connectivity index (χ0n) is 18.4. The van der Waals surface area contributed by atoms with E-state index in [1.807, 2.05) is 38.1 Å². The summed E-state index contributed by atoms with van der Waals surface area (Å²) in [5.74, 6) is -0.423. The number of anilines is 1. The van der Waals surface area contributed by atoms with E-state index in [1.54, 1.807) is 36.4 Å². The van der Waals surface area contributed by atoms with Gasteiger partial charge in [-0.15, -0.1) is 0 Å². The van der Waals surface area contributed by atoms with Gasteiger partial charge in [-0.25, -0.2) is 8.42 Å². The molecule has 0 spiro atoms. The highest BCUT2D eigenvalue weighted by atomic mass is 35.5. The Labute approximate surface area is 195 Å². The summed E-state index contributed by atoms with van der Waals surface area (Å²) in [6.07, 6.45) is 0.935. The molecule has 0 fully saturated rings. The molecule has 0 aliphatic heterocycles. The number of carbonyl (C=O) groups is 1. The van der Waals surface area contributed by atoms with Crippen molar-refractivity contribution in [2.24, 2.45) is 0 Å². The number of amides is 1. The second-order valence-electron chi connectivity index (χ2n) is 7.66. The molecule has 7 heteroatoms. The summed E-state index contributed by atoms with van der Waals surface area (Å²) in [7, 11) is -4.01. The van der Waals surface area contributed by atoms with Gasteiger partial charge in [-0.05, 0) is 55.7 Å². The molecule has 0 aliphatic rings. The predicted molar refractivity (Wildman–Crippen MR) is 130 cm³/mol. The van der Waals surface area contributed by atoms with Crippen LogP contribution in [0, 0.1) is 6.92 Å². The van der Waals surface area contributed by atoms with Crippen molar-refractivity contribution in [3.63, 3.8) is 0 Å². The smallest absolute Gasteiger partial charge is 0.264 e. The molecule has 5 nitrogen and oxygen atoms in total. The van der Waals surface area contributed by atoms with E-state index in [-0.39, 0.29) is 21.6 Å². The number of carbonyl (C=O) groups excluding carboxylic acids is 1. The van der Waals surface area contributed by atoms with Crippen molar-refractivity contribution < 1.29 is 13.2 Å². The highest BCUT2D eigenvalue weighted by molar-refractivity contribution is 7.92. The van der Waals surface area contributed by atoms with Gasteiger partial charge in [0, 0.05) is 0 Å². The number of hydrogen-bond donors (Lipinski definition) is 1. The third kappa shape index (κ3) is 5.50. The summed E-state index contributed by atoms with van der Waals surface area (Å²) >= 11 is 6.31. The predicted octanol–water partition coefficient (Wildman–Crippen LogP) is 5.28. The van der Waals surface area contributed by atoms with E-state index < -0.39 is 22.5 Å². The van der Waals surface area contributed by atoms with Crippen molar-refractivity contribution in [3.8, 4) is 0 Å². The maximum atomic E-state index is 13.4. The Morgan fingerprint density at radius 1 is 1.00 bits per heavy atom. The third-order valence-corrected chi connectivity index (χ3v) is 7.38. The average molecular weight is 471 g/mol. The molecule has 3 aromatic carbocycles. The number of para-hydroxylation sites is 1. The quantitative estimate of drug-likeness (QED) is 0.486. The second kappa shape index (κ2) is 10.2. The highest BCUT2D eigenvalue weighted by Gasteiger charge is 2.29. The molecule has 0 unspecified atom stereocenters. The zero-order valence-corrected chi connectivity index (χ0v) is 20.0. The van der Waals surface area contributed by atoms with Gasteiger partial charge >= 0.3 is 0 Å². The first kappa shape index (κ1) is 23.8. The van der Waals surface area contributed by atoms with Crippen LogP contribution < -0.4 is 9.62 Å². The summed E-state index contributed by atoms with van der Waals surface area (Å²) in [5, 5.41) is 3.15. The number of nitrogens with one attached hydrogen (secondary N) is 1. The molecule has 1 atom stereocenters. The van der Waals surface area contributed by atoms with Crippen molar-refractivity contribution >= 4 is 33.2 Å². The summed E-state index contributed by atoms with van der Waals surface area (Å²) in [6.45, 7) is 5.44. The van der Waals surface area contributed by atoms with Gasteiger partial charge < -0.3 is 5.32 Å². The van der Waals surface area contributed by atoms with Crippen LogP contribution in [0.1, 0.15) is 36.6 Å². The van der Waals surface area contributed by atoms with Crippen molar-refractivity contribution in [1.29, 1.82) is 0 Å². The standard InChI is InChI=1S/C25H27ClN2O3S/c1-4-20-11-13-21(14-12-20)19(3)27-25(29)17-28(24-8-6-5-7-23(24)26)32(30,31)22-15-9-18(2)10-16-22/h5-16,19H,4,17H2,1-3H3,(H,27,29)/t19-/m1/s1. The van der Waals surface area contributed by atoms with Gasteiger partial charge in [0.05, 0.1) is 21.6 Å². The Hall–Kier alpha value is -2.83. The van der Waals surface area contributed by atoms with Gasteiger partial charge in [0.25, 0.3) is 10.0 Å². The van der Waals surface area contributed by atoms with Gasteiger partial charge in [0.1, 0.15) is 6.54 Å². The Morgan fingerprint density at radius 2 is 1.62 bits per heavy atom. The van der Waals surface area contributed by atoms with Crippen LogP contribution in [-0.4, -0.2) is 20.9 Å². The van der Waals surface area contributed by atoms with Crippen LogP contribution in [0.4, 0.5) is 5.69 Å². The first-order chi connectivity index (χ1) is 15.2. The van der Waals surface area contributed by atoms with Gasteiger partial charge in [0.15, 0.2) is 0 Å². The number of aryl methyl sites for hydroxylation is 2. The third-order valence-electron chi connectivity index (χ3n) is 5.28. The topological polar surface area (TPSA) is 66.5 Å². The van der Waals surface area contributed by atoms with Crippen LogP contribution in [0.2, 0.25) is 5.02 Å². The molecular formula is C25H27ClN2O3S. The maximum absolute atomic E-state index is 13.4. The number of sulfonamides is 1. The Balaban J connectivity index is 1.87. The van der Waals surface area contributed by atoms with Crippen LogP contribution in [0.15, 0.2) is 77.7 Å². The molecule has 0 aliphatic carbocycles. The molecule has 0 bridgehead atoms. The van der Waals surface area contributed by atoms with Gasteiger partial charge in [0.2, 0.25) is 5.91 Å². The molecule has 0 radical (unpaired) electrons. The van der Waals surface area contributed by atoms with Gasteiger partial charge in [-0.1, -0.05) is 72.6 Å². The van der Waals surface area contributed by atoms with Crippen LogP contribution in [0.3, 0.4) is 0 Å². The normalized spacial score (nSPS) is 12.2. The lowest BCUT2D eigenvalue weighted by Crippen LogP contribution is -2.41. The van der Waals surface area contributed by atoms with Crippen molar-refractivity contribution in [1.82, 2.24) is 5.32 Å². The fraction of sp³-hybridized carbons (Fsp3) is 0.240. The molecule has 0 saturated heterocycles. The van der Waals surface area contributed by atoms with Crippen molar-refractivity contribution in [2.75, 3.05) is 10.8 Å². The lowest BCUT2D eigenvalue weighted by Gasteiger charge is -2.26. The minimum Gasteiger partial charge on any atom is -0.348 e. The number of halogens is 1. The lowest BCUT2D eigenvalue weighted by atomic mass is 10.1. The molecule has 168 valence electrons. The minimum absolute atomic E-state index is 0.0963. The zero-order chi connectivity index (χ0) is 23.3. The van der Waals surface area contributed by atoms with Crippen LogP contribution >= 0.6 is 11.6 Å². The van der Waals surface area contributed by atoms with E-state index >= 15 is 0 Å². The van der Waals surface area contributed by atoms with E-state index in [4.69, 9.17) is 11.6 Å². The minimum atomic E-state index is -4.01. The lowest BCUT2D eigenvalue weighted by molar-refractivity contribution is -0.120. The van der Waals surface area contributed by atoms with Gasteiger partial charge in [-0.2, -0.15) is 0 Å². The first-order valence-electron chi connectivity index (χ1n) is 10.4. The van der Waals surface area contributed by atoms with Crippen LogP contribution in [0.25, 0.3) is 0 Å². The fourth-order valence-electron chi connectivity index (χ4n) is 3.33. The maximum Gasteiger partial charge on any atom is 0.264 e. The van der Waals surface area contributed by atoms with Gasteiger partial charge in [-0.3, -0.25) is 9.10 Å². The molecular weight excluding hydrogens is 444 g/mol. The number of rotatable bonds is 8. The van der Waals surface area contributed by atoms with E-state index in [9.17, 15) is 13.2 Å². The first-order valence-corrected chi connectivity index (χ1v) is 12.3. The van der Waals surface area contributed by atoms with E-state index in [2.05, 4.69) is 12.2 Å². The molecule has 0 heterocycles. The molecule has 3 aromatic rings. The average Bonchev–Trinajstić information content (AvgIpc) is 2.78. The molecule has 0 aromatic heterocycles. The number of nitrogens with zero attached hydrogens (tertiary/aromatic N) is 1. The van der Waals surface area contributed by atoms with E-state index in [0.717, 1.165) is 21.9 Å². The van der Waals surface area contributed by atoms with E-state index in [0.29, 0.717) is 0 Å². The molecule has 0 saturated carbocycles. The van der Waals surface area contributed by atoms with Crippen LogP contribution in [0.5, 0.6) is 0 Å². The SMILES string of the molecule is CCc1ccc([C@@H](C)NC(=O)CN(c2ccccc2Cl)S(=O)(=O)c2ccc(C)cc2)cc1. The van der Waals surface area contributed by atoms with Crippen molar-refractivity contribution in [2.45, 2.75) is 38.1 Å². The summed E-state index contributed by atoms with van der Waals surface area (Å²) in [6, 6.07) is 20.8. The molecule has 32 heavy (non-hydrogen) atoms. The molecule has 3 rings (SSSR count). The Morgan fingerprint density at radius 3 is 2.22 bits per heavy atom. The largest absolute Gasteiger partial charge is 0.348 e. The Kier molecular flexibility index (Phi) is 7.59. The highest BCUT2D eigenvalue weighted by Crippen LogP contribution is 2.30. The fourth-order valence-corrected chi connectivity index (χ4v) is 5.06. The van der Waals surface area contributed by atoms with E-state index in [1.165, 1.54) is 17.7 Å². The summed E-state index contributed by atoms with van der Waals surface area (Å²) < 4.78 is 27.9.